The van der Waals surface area contributed by atoms with Gasteiger partial charge in [-0.05, 0) is 31.5 Å². The molecule has 8 heteroatoms. The molecule has 0 aromatic heterocycles. The molecule has 4 nitrogen and oxygen atoms in total. The lowest BCUT2D eigenvalue weighted by Gasteiger charge is -2.16. The van der Waals surface area contributed by atoms with Crippen molar-refractivity contribution in [1.29, 1.82) is 0 Å². The van der Waals surface area contributed by atoms with Gasteiger partial charge in [-0.15, -0.1) is 0 Å². The summed E-state index contributed by atoms with van der Waals surface area (Å²) < 4.78 is 57.0. The molecular weight excluding hydrogens is 354 g/mol. The average molecular weight is 377 g/mol. The van der Waals surface area contributed by atoms with Gasteiger partial charge in [0, 0.05) is 0 Å². The molecule has 1 amide bonds. The van der Waals surface area contributed by atoms with Crippen molar-refractivity contribution in [1.82, 2.24) is 5.32 Å². The number of carbonyl (C=O) groups is 2. The molecule has 0 spiro atoms. The number of alkyl halides is 3. The Morgan fingerprint density at radius 1 is 1.15 bits per heavy atom. The normalized spacial score (nSPS) is 12.5. The van der Waals surface area contributed by atoms with Gasteiger partial charge in [-0.2, -0.15) is 13.2 Å². The lowest BCUT2D eigenvalue weighted by Crippen LogP contribution is -2.40. The zero-order chi connectivity index (χ0) is 19.7. The molecule has 0 aliphatic carbocycles. The summed E-state index contributed by atoms with van der Waals surface area (Å²) >= 11 is 0. The van der Waals surface area contributed by atoms with Crippen LogP contribution in [0.15, 0.2) is 18.2 Å². The van der Waals surface area contributed by atoms with Crippen LogP contribution in [0.5, 0.6) is 0 Å². The fourth-order valence-electron chi connectivity index (χ4n) is 2.29. The smallest absolute Gasteiger partial charge is 0.417 e. The third-order valence-corrected chi connectivity index (χ3v) is 3.73. The molecule has 1 rings (SSSR count). The molecule has 0 heterocycles. The van der Waals surface area contributed by atoms with E-state index in [1.165, 1.54) is 6.92 Å². The molecule has 1 aromatic rings. The van der Waals surface area contributed by atoms with Gasteiger partial charge in [-0.1, -0.05) is 32.6 Å². The van der Waals surface area contributed by atoms with E-state index in [2.05, 4.69) is 12.2 Å². The maximum Gasteiger partial charge on any atom is 0.417 e. The second kappa shape index (κ2) is 10.1. The largest absolute Gasteiger partial charge is 0.464 e. The maximum absolute atomic E-state index is 13.2. The van der Waals surface area contributed by atoms with Crippen LogP contribution in [0.2, 0.25) is 0 Å². The SMILES string of the molecule is CCCCCCCOC(=O)C(C)NC(=O)c1cc(F)ccc1C(F)(F)F. The summed E-state index contributed by atoms with van der Waals surface area (Å²) in [5.74, 6) is -2.92. The van der Waals surface area contributed by atoms with Crippen LogP contribution in [-0.2, 0) is 15.7 Å². The van der Waals surface area contributed by atoms with Gasteiger partial charge in [0.15, 0.2) is 0 Å². The number of halogens is 4. The summed E-state index contributed by atoms with van der Waals surface area (Å²) in [5, 5.41) is 2.12. The van der Waals surface area contributed by atoms with Gasteiger partial charge in [0.1, 0.15) is 11.9 Å². The van der Waals surface area contributed by atoms with Crippen LogP contribution >= 0.6 is 0 Å². The van der Waals surface area contributed by atoms with Gasteiger partial charge in [-0.3, -0.25) is 4.79 Å². The first-order valence-corrected chi connectivity index (χ1v) is 8.51. The Morgan fingerprint density at radius 3 is 2.42 bits per heavy atom. The first kappa shape index (κ1) is 21.9. The predicted octanol–water partition coefficient (Wildman–Crippen LogP) is 4.48. The topological polar surface area (TPSA) is 55.4 Å². The zero-order valence-electron chi connectivity index (χ0n) is 14.8. The van der Waals surface area contributed by atoms with Crippen LogP contribution in [0.25, 0.3) is 0 Å². The van der Waals surface area contributed by atoms with Crippen LogP contribution in [-0.4, -0.2) is 24.5 Å². The van der Waals surface area contributed by atoms with Crippen molar-refractivity contribution in [3.8, 4) is 0 Å². The summed E-state index contributed by atoms with van der Waals surface area (Å²) in [6, 6.07) is 0.450. The molecular formula is C18H23F4NO3. The Balaban J connectivity index is 2.62. The minimum atomic E-state index is -4.82. The standard InChI is InChI=1S/C18H23F4NO3/c1-3-4-5-6-7-10-26-17(25)12(2)23-16(24)14-11-13(19)8-9-15(14)18(20,21)22/h8-9,11-12H,3-7,10H2,1-2H3,(H,23,24). The zero-order valence-corrected chi connectivity index (χ0v) is 14.8. The Bertz CT molecular complexity index is 617. The van der Waals surface area contributed by atoms with E-state index >= 15 is 0 Å². The highest BCUT2D eigenvalue weighted by molar-refractivity contribution is 5.98. The molecule has 146 valence electrons. The number of carbonyl (C=O) groups excluding carboxylic acids is 2. The summed E-state index contributed by atoms with van der Waals surface area (Å²) in [7, 11) is 0. The van der Waals surface area contributed by atoms with E-state index in [4.69, 9.17) is 4.74 Å². The van der Waals surface area contributed by atoms with E-state index in [9.17, 15) is 27.2 Å². The molecule has 0 saturated heterocycles. The minimum Gasteiger partial charge on any atom is -0.464 e. The molecule has 1 atom stereocenters. The van der Waals surface area contributed by atoms with Crippen LogP contribution in [0.1, 0.15) is 61.9 Å². The lowest BCUT2D eigenvalue weighted by molar-refractivity contribution is -0.145. The van der Waals surface area contributed by atoms with Gasteiger partial charge in [0.2, 0.25) is 0 Å². The summed E-state index contributed by atoms with van der Waals surface area (Å²) in [5.41, 5.74) is -2.15. The molecule has 0 fully saturated rings. The minimum absolute atomic E-state index is 0.177. The third-order valence-electron chi connectivity index (χ3n) is 3.73. The van der Waals surface area contributed by atoms with Gasteiger partial charge in [0.25, 0.3) is 5.91 Å². The molecule has 0 aliphatic rings. The quantitative estimate of drug-likeness (QED) is 0.392. The van der Waals surface area contributed by atoms with Crippen molar-refractivity contribution < 1.29 is 31.9 Å². The number of hydrogen-bond acceptors (Lipinski definition) is 3. The summed E-state index contributed by atoms with van der Waals surface area (Å²) in [6.45, 7) is 3.55. The number of ether oxygens (including phenoxy) is 1. The van der Waals surface area contributed by atoms with Crippen molar-refractivity contribution in [2.75, 3.05) is 6.61 Å². The first-order valence-electron chi connectivity index (χ1n) is 8.51. The van der Waals surface area contributed by atoms with Crippen molar-refractivity contribution in [3.63, 3.8) is 0 Å². The van der Waals surface area contributed by atoms with Gasteiger partial charge >= 0.3 is 12.1 Å². The van der Waals surface area contributed by atoms with Crippen LogP contribution < -0.4 is 5.32 Å². The lowest BCUT2D eigenvalue weighted by atomic mass is 10.1. The van der Waals surface area contributed by atoms with Crippen molar-refractivity contribution in [2.24, 2.45) is 0 Å². The average Bonchev–Trinajstić information content (AvgIpc) is 2.56. The Morgan fingerprint density at radius 2 is 1.81 bits per heavy atom. The highest BCUT2D eigenvalue weighted by Crippen LogP contribution is 2.32. The van der Waals surface area contributed by atoms with Crippen molar-refractivity contribution in [3.05, 3.63) is 35.1 Å². The molecule has 0 radical (unpaired) electrons. The van der Waals surface area contributed by atoms with Crippen molar-refractivity contribution >= 4 is 11.9 Å². The molecule has 26 heavy (non-hydrogen) atoms. The number of hydrogen-bond donors (Lipinski definition) is 1. The number of amides is 1. The van der Waals surface area contributed by atoms with E-state index in [0.29, 0.717) is 24.6 Å². The van der Waals surface area contributed by atoms with Crippen LogP contribution in [0.3, 0.4) is 0 Å². The molecule has 0 saturated carbocycles. The van der Waals surface area contributed by atoms with E-state index in [0.717, 1.165) is 25.7 Å². The predicted molar refractivity (Wildman–Crippen MR) is 88.0 cm³/mol. The molecule has 1 unspecified atom stereocenters. The van der Waals surface area contributed by atoms with Gasteiger partial charge < -0.3 is 10.1 Å². The Kier molecular flexibility index (Phi) is 8.54. The van der Waals surface area contributed by atoms with Crippen LogP contribution in [0, 0.1) is 5.82 Å². The Hall–Kier alpha value is -2.12. The molecule has 1 aromatic carbocycles. The highest BCUT2D eigenvalue weighted by atomic mass is 19.4. The van der Waals surface area contributed by atoms with Crippen LogP contribution in [0.4, 0.5) is 17.6 Å². The van der Waals surface area contributed by atoms with E-state index in [-0.39, 0.29) is 6.61 Å². The highest BCUT2D eigenvalue weighted by Gasteiger charge is 2.36. The second-order valence-corrected chi connectivity index (χ2v) is 5.96. The molecule has 0 bridgehead atoms. The molecule has 1 N–H and O–H groups in total. The second-order valence-electron chi connectivity index (χ2n) is 5.96. The third kappa shape index (κ3) is 7.01. The summed E-state index contributed by atoms with van der Waals surface area (Å²) in [4.78, 5) is 23.9. The fraction of sp³-hybridized carbons (Fsp3) is 0.556. The summed E-state index contributed by atoms with van der Waals surface area (Å²) in [6.07, 6.45) is -0.0320. The first-order chi connectivity index (χ1) is 12.2. The van der Waals surface area contributed by atoms with Crippen molar-refractivity contribution in [2.45, 2.75) is 58.2 Å². The number of unbranched alkanes of at least 4 members (excludes halogenated alkanes) is 4. The number of rotatable bonds is 9. The maximum atomic E-state index is 13.2. The number of nitrogens with one attached hydrogen (secondary N) is 1. The van der Waals surface area contributed by atoms with E-state index < -0.39 is 41.0 Å². The Labute approximate surface area is 149 Å². The number of benzene rings is 1. The van der Waals surface area contributed by atoms with E-state index in [1.807, 2.05) is 0 Å². The monoisotopic (exact) mass is 377 g/mol. The van der Waals surface area contributed by atoms with E-state index in [1.54, 1.807) is 0 Å². The van der Waals surface area contributed by atoms with Gasteiger partial charge in [-0.25, -0.2) is 9.18 Å². The van der Waals surface area contributed by atoms with Gasteiger partial charge in [0.05, 0.1) is 17.7 Å². The molecule has 0 aliphatic heterocycles. The number of esters is 1. The fourth-order valence-corrected chi connectivity index (χ4v) is 2.29.